The van der Waals surface area contributed by atoms with Gasteiger partial charge in [0.2, 0.25) is 5.91 Å². The molecule has 1 amide bonds. The van der Waals surface area contributed by atoms with Crippen molar-refractivity contribution in [2.45, 2.75) is 44.6 Å². The summed E-state index contributed by atoms with van der Waals surface area (Å²) in [5.74, 6) is 0.171. The molecule has 2 aromatic rings. The van der Waals surface area contributed by atoms with Crippen LogP contribution < -0.4 is 0 Å². The van der Waals surface area contributed by atoms with Crippen molar-refractivity contribution in [1.29, 1.82) is 0 Å². The number of pyridine rings is 1. The van der Waals surface area contributed by atoms with Crippen molar-refractivity contribution < 1.29 is 4.79 Å². The predicted octanol–water partition coefficient (Wildman–Crippen LogP) is 4.90. The van der Waals surface area contributed by atoms with Crippen LogP contribution in [0.25, 0.3) is 11.1 Å². The molecule has 0 spiro atoms. The van der Waals surface area contributed by atoms with Crippen LogP contribution in [0, 0.1) is 0 Å². The van der Waals surface area contributed by atoms with E-state index in [1.165, 1.54) is 19.3 Å². The Kier molecular flexibility index (Phi) is 5.19. The van der Waals surface area contributed by atoms with E-state index in [1.807, 2.05) is 30.5 Å². The summed E-state index contributed by atoms with van der Waals surface area (Å²) >= 11 is 0. The molecule has 0 saturated heterocycles. The molecule has 27 heavy (non-hydrogen) atoms. The molecule has 0 atom stereocenters. The molecule has 2 aliphatic rings. The van der Waals surface area contributed by atoms with Gasteiger partial charge in [-0.2, -0.15) is 0 Å². The van der Waals surface area contributed by atoms with Crippen LogP contribution >= 0.6 is 0 Å². The van der Waals surface area contributed by atoms with Crippen molar-refractivity contribution in [3.63, 3.8) is 0 Å². The van der Waals surface area contributed by atoms with Gasteiger partial charge in [-0.1, -0.05) is 56.2 Å². The Morgan fingerprint density at radius 1 is 1.11 bits per heavy atom. The van der Waals surface area contributed by atoms with Crippen molar-refractivity contribution in [1.82, 2.24) is 9.88 Å². The number of aromatic nitrogens is 1. The minimum Gasteiger partial charge on any atom is -0.332 e. The van der Waals surface area contributed by atoms with Crippen molar-refractivity contribution in [2.75, 3.05) is 6.54 Å². The molecule has 0 unspecified atom stereocenters. The Morgan fingerprint density at radius 3 is 2.70 bits per heavy atom. The summed E-state index contributed by atoms with van der Waals surface area (Å²) in [7, 11) is 0. The van der Waals surface area contributed by atoms with E-state index in [1.54, 1.807) is 6.20 Å². The Morgan fingerprint density at radius 2 is 1.93 bits per heavy atom. The zero-order chi connectivity index (χ0) is 18.6. The van der Waals surface area contributed by atoms with Crippen molar-refractivity contribution in [2.24, 2.45) is 0 Å². The number of carbonyl (C=O) groups excluding carboxylic acids is 1. The van der Waals surface area contributed by atoms with Crippen molar-refractivity contribution in [3.8, 4) is 0 Å². The molecular formula is C24H26N2O. The number of hydrogen-bond acceptors (Lipinski definition) is 2. The van der Waals surface area contributed by atoms with Crippen LogP contribution in [0.1, 0.15) is 48.8 Å². The average Bonchev–Trinajstić information content (AvgIpc) is 3.11. The number of benzene rings is 1. The van der Waals surface area contributed by atoms with Gasteiger partial charge in [-0.3, -0.25) is 9.78 Å². The minimum atomic E-state index is 0.171. The molecule has 3 heteroatoms. The Hall–Kier alpha value is -2.68. The first-order chi connectivity index (χ1) is 13.2. The molecule has 3 nitrogen and oxygen atoms in total. The Labute approximate surface area is 161 Å². The molecule has 1 aromatic heterocycles. The molecule has 1 aliphatic heterocycles. The topological polar surface area (TPSA) is 33.2 Å². The maximum absolute atomic E-state index is 12.6. The minimum absolute atomic E-state index is 0.171. The maximum atomic E-state index is 12.6. The molecular weight excluding hydrogens is 332 g/mol. The van der Waals surface area contributed by atoms with Crippen LogP contribution in [-0.4, -0.2) is 28.4 Å². The average molecular weight is 358 g/mol. The monoisotopic (exact) mass is 358 g/mol. The number of amides is 1. The quantitative estimate of drug-likeness (QED) is 0.762. The first kappa shape index (κ1) is 17.7. The van der Waals surface area contributed by atoms with E-state index in [0.29, 0.717) is 6.04 Å². The third-order valence-electron chi connectivity index (χ3n) is 5.73. The lowest BCUT2D eigenvalue weighted by atomic mass is 9.92. The largest absolute Gasteiger partial charge is 0.332 e. The lowest BCUT2D eigenvalue weighted by Gasteiger charge is -2.31. The smallest absolute Gasteiger partial charge is 0.247 e. The molecule has 138 valence electrons. The number of rotatable bonds is 5. The summed E-state index contributed by atoms with van der Waals surface area (Å²) in [4.78, 5) is 18.9. The van der Waals surface area contributed by atoms with E-state index in [4.69, 9.17) is 0 Å². The molecule has 0 bridgehead atoms. The van der Waals surface area contributed by atoms with Gasteiger partial charge in [0.1, 0.15) is 0 Å². The number of nitrogens with zero attached hydrogens (tertiary/aromatic N) is 2. The van der Waals surface area contributed by atoms with Gasteiger partial charge in [0.15, 0.2) is 0 Å². The molecule has 4 rings (SSSR count). The van der Waals surface area contributed by atoms with Gasteiger partial charge in [-0.15, -0.1) is 0 Å². The Balaban J connectivity index is 1.55. The SMILES string of the molecule is C=C(Cc1cccnc1)c1ccccc1C1=CC(=O)N(C2CCCCC2)C1. The van der Waals surface area contributed by atoms with E-state index in [9.17, 15) is 4.79 Å². The van der Waals surface area contributed by atoms with Crippen molar-refractivity contribution >= 4 is 17.1 Å². The third-order valence-corrected chi connectivity index (χ3v) is 5.73. The molecule has 1 aliphatic carbocycles. The lowest BCUT2D eigenvalue weighted by molar-refractivity contribution is -0.127. The van der Waals surface area contributed by atoms with Gasteiger partial charge in [0.25, 0.3) is 0 Å². The second-order valence-electron chi connectivity index (χ2n) is 7.61. The normalized spacial score (nSPS) is 17.9. The molecule has 1 aromatic carbocycles. The Bertz CT molecular complexity index is 863. The second-order valence-corrected chi connectivity index (χ2v) is 7.61. The van der Waals surface area contributed by atoms with Gasteiger partial charge >= 0.3 is 0 Å². The van der Waals surface area contributed by atoms with E-state index >= 15 is 0 Å². The zero-order valence-corrected chi connectivity index (χ0v) is 15.7. The summed E-state index contributed by atoms with van der Waals surface area (Å²) in [5.41, 5.74) is 5.60. The van der Waals surface area contributed by atoms with Crippen molar-refractivity contribution in [3.05, 3.63) is 78.1 Å². The zero-order valence-electron chi connectivity index (χ0n) is 15.7. The summed E-state index contributed by atoms with van der Waals surface area (Å²) in [6.45, 7) is 5.05. The van der Waals surface area contributed by atoms with Gasteiger partial charge in [-0.05, 0) is 53.2 Å². The van der Waals surface area contributed by atoms with Crippen LogP contribution in [0.15, 0.2) is 61.4 Å². The van der Waals surface area contributed by atoms with Gasteiger partial charge in [-0.25, -0.2) is 0 Å². The molecule has 0 N–H and O–H groups in total. The van der Waals surface area contributed by atoms with E-state index in [0.717, 1.165) is 53.6 Å². The first-order valence-corrected chi connectivity index (χ1v) is 9.90. The highest BCUT2D eigenvalue weighted by atomic mass is 16.2. The van der Waals surface area contributed by atoms with Crippen LogP contribution in [0.4, 0.5) is 0 Å². The summed E-state index contributed by atoms with van der Waals surface area (Å²) in [6.07, 6.45) is 12.3. The number of allylic oxidation sites excluding steroid dienone is 1. The molecule has 2 heterocycles. The fraction of sp³-hybridized carbons (Fsp3) is 0.333. The van der Waals surface area contributed by atoms with Crippen LogP contribution in [0.2, 0.25) is 0 Å². The standard InChI is InChI=1S/C24H26N2O/c1-18(14-19-8-7-13-25-16-19)22-11-5-6-12-23(22)20-15-24(27)26(17-20)21-9-3-2-4-10-21/h5-8,11-13,15-16,21H,1-4,9-10,14,17H2. The van der Waals surface area contributed by atoms with Gasteiger partial charge in [0, 0.05) is 31.1 Å². The molecule has 0 radical (unpaired) electrons. The number of carbonyl (C=O) groups is 1. The highest BCUT2D eigenvalue weighted by Crippen LogP contribution is 2.33. The first-order valence-electron chi connectivity index (χ1n) is 9.90. The van der Waals surface area contributed by atoms with E-state index < -0.39 is 0 Å². The van der Waals surface area contributed by atoms with E-state index in [2.05, 4.69) is 34.7 Å². The van der Waals surface area contributed by atoms with Gasteiger partial charge in [0.05, 0.1) is 0 Å². The summed E-state index contributed by atoms with van der Waals surface area (Å²) in [6, 6.07) is 12.8. The summed E-state index contributed by atoms with van der Waals surface area (Å²) in [5, 5.41) is 0. The van der Waals surface area contributed by atoms with Crippen LogP contribution in [0.3, 0.4) is 0 Å². The summed E-state index contributed by atoms with van der Waals surface area (Å²) < 4.78 is 0. The second kappa shape index (κ2) is 7.91. The van der Waals surface area contributed by atoms with Crippen LogP contribution in [-0.2, 0) is 11.2 Å². The fourth-order valence-electron chi connectivity index (χ4n) is 4.32. The van der Waals surface area contributed by atoms with Gasteiger partial charge < -0.3 is 4.90 Å². The molecule has 1 saturated carbocycles. The highest BCUT2D eigenvalue weighted by molar-refractivity contribution is 6.02. The number of hydrogen-bond donors (Lipinski definition) is 0. The van der Waals surface area contributed by atoms with E-state index in [-0.39, 0.29) is 5.91 Å². The third kappa shape index (κ3) is 3.87. The molecule has 1 fully saturated rings. The maximum Gasteiger partial charge on any atom is 0.247 e. The predicted molar refractivity (Wildman–Crippen MR) is 110 cm³/mol. The van der Waals surface area contributed by atoms with Crippen LogP contribution in [0.5, 0.6) is 0 Å². The fourth-order valence-corrected chi connectivity index (χ4v) is 4.32. The highest BCUT2D eigenvalue weighted by Gasteiger charge is 2.30. The lowest BCUT2D eigenvalue weighted by Crippen LogP contribution is -2.38.